The number of nitrogens with one attached hydrogen (secondary N) is 2. The van der Waals surface area contributed by atoms with Crippen molar-refractivity contribution in [2.45, 2.75) is 6.54 Å². The molecular formula is C21H16N4O2. The fraction of sp³-hybridized carbons (Fsp3) is 0.0476. The van der Waals surface area contributed by atoms with Crippen LogP contribution in [0.1, 0.15) is 32.0 Å². The molecule has 2 aromatic carbocycles. The van der Waals surface area contributed by atoms with Crippen LogP contribution in [-0.2, 0) is 6.54 Å². The molecule has 0 saturated carbocycles. The summed E-state index contributed by atoms with van der Waals surface area (Å²) in [5.41, 5.74) is 2.15. The lowest BCUT2D eigenvalue weighted by Gasteiger charge is -2.08. The molecule has 0 unspecified atom stereocenters. The SMILES string of the molecule is N#Cc1ccccc1NC(=O)c1cc(C(=O)NCc2ccccc2)ccn1. The average Bonchev–Trinajstić information content (AvgIpc) is 2.73. The van der Waals surface area contributed by atoms with Crippen molar-refractivity contribution in [3.63, 3.8) is 0 Å². The molecule has 1 aromatic heterocycles. The smallest absolute Gasteiger partial charge is 0.274 e. The third kappa shape index (κ3) is 4.55. The molecule has 3 aromatic rings. The number of hydrogen-bond donors (Lipinski definition) is 2. The summed E-state index contributed by atoms with van der Waals surface area (Å²) in [6.07, 6.45) is 1.41. The number of hydrogen-bond acceptors (Lipinski definition) is 4. The van der Waals surface area contributed by atoms with Gasteiger partial charge in [-0.1, -0.05) is 42.5 Å². The Balaban J connectivity index is 1.70. The first-order valence-corrected chi connectivity index (χ1v) is 8.26. The van der Waals surface area contributed by atoms with E-state index < -0.39 is 5.91 Å². The largest absolute Gasteiger partial charge is 0.348 e. The van der Waals surface area contributed by atoms with Crippen LogP contribution < -0.4 is 10.6 Å². The third-order valence-corrected chi connectivity index (χ3v) is 3.85. The van der Waals surface area contributed by atoms with Crippen LogP contribution >= 0.6 is 0 Å². The van der Waals surface area contributed by atoms with E-state index in [0.717, 1.165) is 5.56 Å². The molecule has 0 aliphatic heterocycles. The average molecular weight is 356 g/mol. The summed E-state index contributed by atoms with van der Waals surface area (Å²) in [5, 5.41) is 14.6. The van der Waals surface area contributed by atoms with E-state index in [2.05, 4.69) is 15.6 Å². The Labute approximate surface area is 156 Å². The van der Waals surface area contributed by atoms with Gasteiger partial charge in [-0.2, -0.15) is 5.26 Å². The lowest BCUT2D eigenvalue weighted by atomic mass is 10.1. The van der Waals surface area contributed by atoms with Crippen LogP contribution in [0, 0.1) is 11.3 Å². The number of rotatable bonds is 5. The van der Waals surface area contributed by atoms with Crippen molar-refractivity contribution in [1.29, 1.82) is 5.26 Å². The van der Waals surface area contributed by atoms with Gasteiger partial charge in [-0.25, -0.2) is 0 Å². The zero-order valence-corrected chi connectivity index (χ0v) is 14.3. The van der Waals surface area contributed by atoms with E-state index in [1.807, 2.05) is 36.4 Å². The summed E-state index contributed by atoms with van der Waals surface area (Å²) in [7, 11) is 0. The summed E-state index contributed by atoms with van der Waals surface area (Å²) in [4.78, 5) is 28.8. The quantitative estimate of drug-likeness (QED) is 0.734. The van der Waals surface area contributed by atoms with Gasteiger partial charge in [0.25, 0.3) is 11.8 Å². The second-order valence-electron chi connectivity index (χ2n) is 5.71. The van der Waals surface area contributed by atoms with Crippen molar-refractivity contribution >= 4 is 17.5 Å². The maximum Gasteiger partial charge on any atom is 0.274 e. The molecule has 27 heavy (non-hydrogen) atoms. The number of anilines is 1. The van der Waals surface area contributed by atoms with Crippen LogP contribution in [0.15, 0.2) is 72.9 Å². The maximum atomic E-state index is 12.4. The molecular weight excluding hydrogens is 340 g/mol. The molecule has 0 aliphatic rings. The molecule has 2 amide bonds. The van der Waals surface area contributed by atoms with Crippen molar-refractivity contribution < 1.29 is 9.59 Å². The number of pyridine rings is 1. The fourth-order valence-corrected chi connectivity index (χ4v) is 2.45. The second kappa shape index (κ2) is 8.41. The topological polar surface area (TPSA) is 94.9 Å². The predicted octanol–water partition coefficient (Wildman–Crippen LogP) is 3.14. The minimum atomic E-state index is -0.490. The van der Waals surface area contributed by atoms with Crippen LogP contribution in [0.2, 0.25) is 0 Å². The molecule has 0 bridgehead atoms. The molecule has 0 fully saturated rings. The number of benzene rings is 2. The molecule has 1 heterocycles. The highest BCUT2D eigenvalue weighted by molar-refractivity contribution is 6.05. The number of aromatic nitrogens is 1. The standard InChI is InChI=1S/C21H16N4O2/c22-13-17-8-4-5-9-18(17)25-21(27)19-12-16(10-11-23-19)20(26)24-14-15-6-2-1-3-7-15/h1-12H,14H2,(H,24,26)(H,25,27). The Bertz CT molecular complexity index is 1010. The van der Waals surface area contributed by atoms with Gasteiger partial charge >= 0.3 is 0 Å². The van der Waals surface area contributed by atoms with E-state index in [1.54, 1.807) is 30.3 Å². The van der Waals surface area contributed by atoms with E-state index in [0.29, 0.717) is 23.4 Å². The summed E-state index contributed by atoms with van der Waals surface area (Å²) in [5.74, 6) is -0.789. The summed E-state index contributed by atoms with van der Waals surface area (Å²) in [6.45, 7) is 0.388. The lowest BCUT2D eigenvalue weighted by molar-refractivity contribution is 0.0951. The summed E-state index contributed by atoms with van der Waals surface area (Å²) in [6, 6.07) is 21.2. The van der Waals surface area contributed by atoms with Crippen molar-refractivity contribution in [3.05, 3.63) is 95.3 Å². The number of nitrogens with zero attached hydrogens (tertiary/aromatic N) is 2. The molecule has 2 N–H and O–H groups in total. The Morgan fingerprint density at radius 2 is 1.70 bits per heavy atom. The molecule has 0 spiro atoms. The number of nitriles is 1. The number of carbonyl (C=O) groups is 2. The highest BCUT2D eigenvalue weighted by Crippen LogP contribution is 2.15. The van der Waals surface area contributed by atoms with Gasteiger partial charge in [0.05, 0.1) is 11.3 Å². The Morgan fingerprint density at radius 1 is 0.963 bits per heavy atom. The summed E-state index contributed by atoms with van der Waals surface area (Å²) < 4.78 is 0. The molecule has 6 nitrogen and oxygen atoms in total. The Kier molecular flexibility index (Phi) is 5.55. The summed E-state index contributed by atoms with van der Waals surface area (Å²) >= 11 is 0. The van der Waals surface area contributed by atoms with Crippen molar-refractivity contribution in [1.82, 2.24) is 10.3 Å². The van der Waals surface area contributed by atoms with Gasteiger partial charge in [0.1, 0.15) is 11.8 Å². The highest BCUT2D eigenvalue weighted by Gasteiger charge is 2.13. The third-order valence-electron chi connectivity index (χ3n) is 3.85. The van der Waals surface area contributed by atoms with E-state index in [9.17, 15) is 9.59 Å². The van der Waals surface area contributed by atoms with Gasteiger partial charge < -0.3 is 10.6 Å². The lowest BCUT2D eigenvalue weighted by Crippen LogP contribution is -2.23. The normalized spacial score (nSPS) is 9.89. The van der Waals surface area contributed by atoms with Crippen LogP contribution in [0.5, 0.6) is 0 Å². The fourth-order valence-electron chi connectivity index (χ4n) is 2.45. The van der Waals surface area contributed by atoms with Crippen LogP contribution in [-0.4, -0.2) is 16.8 Å². The minimum Gasteiger partial charge on any atom is -0.348 e. The molecule has 6 heteroatoms. The van der Waals surface area contributed by atoms with Gasteiger partial charge in [-0.05, 0) is 29.8 Å². The van der Waals surface area contributed by atoms with Gasteiger partial charge in [0, 0.05) is 18.3 Å². The molecule has 0 atom stereocenters. The first-order valence-electron chi connectivity index (χ1n) is 8.26. The zero-order valence-electron chi connectivity index (χ0n) is 14.3. The van der Waals surface area contributed by atoms with E-state index in [1.165, 1.54) is 12.3 Å². The van der Waals surface area contributed by atoms with Gasteiger partial charge in [0.15, 0.2) is 0 Å². The van der Waals surface area contributed by atoms with Crippen LogP contribution in [0.4, 0.5) is 5.69 Å². The first-order chi connectivity index (χ1) is 13.2. The molecule has 0 aliphatic carbocycles. The van der Waals surface area contributed by atoms with Gasteiger partial charge in [-0.3, -0.25) is 14.6 Å². The van der Waals surface area contributed by atoms with E-state index in [-0.39, 0.29) is 11.6 Å². The zero-order chi connectivity index (χ0) is 19.1. The minimum absolute atomic E-state index is 0.0927. The van der Waals surface area contributed by atoms with Crippen LogP contribution in [0.25, 0.3) is 0 Å². The van der Waals surface area contributed by atoms with Gasteiger partial charge in [-0.15, -0.1) is 0 Å². The van der Waals surface area contributed by atoms with E-state index in [4.69, 9.17) is 5.26 Å². The van der Waals surface area contributed by atoms with E-state index >= 15 is 0 Å². The van der Waals surface area contributed by atoms with Crippen LogP contribution in [0.3, 0.4) is 0 Å². The van der Waals surface area contributed by atoms with Crippen molar-refractivity contribution in [2.75, 3.05) is 5.32 Å². The number of amides is 2. The molecule has 0 radical (unpaired) electrons. The molecule has 132 valence electrons. The van der Waals surface area contributed by atoms with Crippen molar-refractivity contribution in [3.8, 4) is 6.07 Å². The highest BCUT2D eigenvalue weighted by atomic mass is 16.2. The predicted molar refractivity (Wildman–Crippen MR) is 101 cm³/mol. The molecule has 0 saturated heterocycles. The maximum absolute atomic E-state index is 12.4. The van der Waals surface area contributed by atoms with Gasteiger partial charge in [0.2, 0.25) is 0 Å². The Morgan fingerprint density at radius 3 is 2.48 bits per heavy atom. The first kappa shape index (κ1) is 17.8. The monoisotopic (exact) mass is 356 g/mol. The molecule has 3 rings (SSSR count). The Hall–Kier alpha value is -3.98. The number of para-hydroxylation sites is 1. The second-order valence-corrected chi connectivity index (χ2v) is 5.71. The number of carbonyl (C=O) groups excluding carboxylic acids is 2. The van der Waals surface area contributed by atoms with Crippen molar-refractivity contribution in [2.24, 2.45) is 0 Å².